The van der Waals surface area contributed by atoms with Gasteiger partial charge in [-0.2, -0.15) is 0 Å². The molecule has 0 unspecified atom stereocenters. The van der Waals surface area contributed by atoms with Crippen LogP contribution in [0.3, 0.4) is 0 Å². The Labute approximate surface area is 288 Å². The molecule has 0 aliphatic rings. The Morgan fingerprint density at radius 3 is 0.711 bits per heavy atom. The van der Waals surface area contributed by atoms with E-state index in [1.54, 1.807) is 0 Å². The van der Waals surface area contributed by atoms with Gasteiger partial charge in [-0.1, -0.05) is 220 Å². The van der Waals surface area contributed by atoms with Crippen molar-refractivity contribution in [3.8, 4) is 0 Å². The van der Waals surface area contributed by atoms with E-state index >= 15 is 0 Å². The van der Waals surface area contributed by atoms with E-state index < -0.39 is 0 Å². The highest BCUT2D eigenvalue weighted by Crippen LogP contribution is 2.34. The summed E-state index contributed by atoms with van der Waals surface area (Å²) in [4.78, 5) is 2.98. The summed E-state index contributed by atoms with van der Waals surface area (Å²) in [5, 5.41) is 0. The molecule has 0 aromatic heterocycles. The lowest BCUT2D eigenvalue weighted by Gasteiger charge is -2.49. The van der Waals surface area contributed by atoms with Gasteiger partial charge in [-0.3, -0.25) is 4.90 Å². The van der Waals surface area contributed by atoms with Crippen LogP contribution in [0, 0.1) is 0 Å². The molecule has 0 spiro atoms. The Kier molecular flexibility index (Phi) is 32.5. The fourth-order valence-electron chi connectivity index (χ4n) is 7.90. The highest BCUT2D eigenvalue weighted by molar-refractivity contribution is 4.92. The van der Waals surface area contributed by atoms with Gasteiger partial charge in [-0.25, -0.2) is 0 Å². The maximum atomic E-state index is 2.98. The minimum Gasteiger partial charge on any atom is -0.293 e. The lowest BCUT2D eigenvalue weighted by Crippen LogP contribution is -2.55. The second-order valence-corrected chi connectivity index (χ2v) is 16.5. The summed E-state index contributed by atoms with van der Waals surface area (Å²) < 4.78 is 0. The van der Waals surface area contributed by atoms with Crippen molar-refractivity contribution < 1.29 is 0 Å². The Hall–Kier alpha value is -0.0400. The van der Waals surface area contributed by atoms with Gasteiger partial charge in [-0.05, 0) is 53.5 Å². The van der Waals surface area contributed by atoms with Crippen LogP contribution >= 0.6 is 0 Å². The largest absolute Gasteiger partial charge is 0.293 e. The number of hydrogen-bond acceptors (Lipinski definition) is 1. The van der Waals surface area contributed by atoms with Crippen molar-refractivity contribution in [3.05, 3.63) is 0 Å². The van der Waals surface area contributed by atoms with E-state index in [9.17, 15) is 0 Å². The van der Waals surface area contributed by atoms with Crippen molar-refractivity contribution in [3.63, 3.8) is 0 Å². The van der Waals surface area contributed by atoms with Gasteiger partial charge in [-0.15, -0.1) is 0 Å². The first-order valence-corrected chi connectivity index (χ1v) is 21.6. The molecule has 0 bridgehead atoms. The fourth-order valence-corrected chi connectivity index (χ4v) is 7.90. The van der Waals surface area contributed by atoms with E-state index in [4.69, 9.17) is 0 Å². The molecule has 0 aliphatic carbocycles. The Morgan fingerprint density at radius 2 is 0.467 bits per heavy atom. The SMILES string of the molecule is CCCCCCCCCCCCCCCCN(C(C)(C)CCCCCCCCCCC)C(C)(C)CCCCCCCCCCC. The highest BCUT2D eigenvalue weighted by atomic mass is 15.2. The van der Waals surface area contributed by atoms with Gasteiger partial charge in [0.25, 0.3) is 0 Å². The molecule has 0 fully saturated rings. The molecule has 0 aromatic rings. The Morgan fingerprint density at radius 1 is 0.267 bits per heavy atom. The average Bonchev–Trinajstić information content (AvgIpc) is 3.01. The van der Waals surface area contributed by atoms with E-state index in [0.29, 0.717) is 11.1 Å². The quantitative estimate of drug-likeness (QED) is 0.0615. The molecular formula is C44H91N. The van der Waals surface area contributed by atoms with Gasteiger partial charge in [0.2, 0.25) is 0 Å². The predicted molar refractivity (Wildman–Crippen MR) is 209 cm³/mol. The van der Waals surface area contributed by atoms with Gasteiger partial charge >= 0.3 is 0 Å². The normalized spacial score (nSPS) is 12.5. The number of rotatable bonds is 37. The zero-order chi connectivity index (χ0) is 33.3. The Bertz CT molecular complexity index is 529. The summed E-state index contributed by atoms with van der Waals surface area (Å²) in [6.45, 7) is 18.6. The van der Waals surface area contributed by atoms with Crippen LogP contribution in [0.2, 0.25) is 0 Å². The molecule has 45 heavy (non-hydrogen) atoms. The molecule has 0 radical (unpaired) electrons. The molecule has 0 saturated carbocycles. The molecule has 1 heteroatoms. The molecule has 0 amide bonds. The summed E-state index contributed by atoms with van der Waals surface area (Å²) in [6, 6.07) is 0. The van der Waals surface area contributed by atoms with E-state index in [0.717, 1.165) is 0 Å². The molecule has 0 saturated heterocycles. The van der Waals surface area contributed by atoms with Gasteiger partial charge in [0, 0.05) is 11.1 Å². The van der Waals surface area contributed by atoms with Crippen LogP contribution in [0.25, 0.3) is 0 Å². The van der Waals surface area contributed by atoms with Crippen LogP contribution in [-0.4, -0.2) is 22.5 Å². The summed E-state index contributed by atoms with van der Waals surface area (Å²) in [6.07, 6.45) is 48.8. The number of unbranched alkanes of at least 4 members (excludes halogenated alkanes) is 29. The molecule has 0 atom stereocenters. The van der Waals surface area contributed by atoms with Crippen LogP contribution in [0.1, 0.15) is 267 Å². The molecule has 1 nitrogen and oxygen atoms in total. The van der Waals surface area contributed by atoms with Crippen molar-refractivity contribution in [1.82, 2.24) is 4.90 Å². The lowest BCUT2D eigenvalue weighted by molar-refractivity contribution is 0.00151. The van der Waals surface area contributed by atoms with E-state index in [1.165, 1.54) is 225 Å². The maximum Gasteiger partial charge on any atom is 0.0158 e. The minimum absolute atomic E-state index is 0.306. The van der Waals surface area contributed by atoms with E-state index in [-0.39, 0.29) is 0 Å². The van der Waals surface area contributed by atoms with Crippen LogP contribution in [0.5, 0.6) is 0 Å². The van der Waals surface area contributed by atoms with Crippen molar-refractivity contribution in [1.29, 1.82) is 0 Å². The van der Waals surface area contributed by atoms with Crippen molar-refractivity contribution in [2.24, 2.45) is 0 Å². The molecule has 0 rings (SSSR count). The third-order valence-corrected chi connectivity index (χ3v) is 11.0. The van der Waals surface area contributed by atoms with Crippen molar-refractivity contribution in [2.75, 3.05) is 6.54 Å². The first-order chi connectivity index (χ1) is 21.8. The second kappa shape index (κ2) is 32.5. The van der Waals surface area contributed by atoms with Crippen LogP contribution in [0.15, 0.2) is 0 Å². The third kappa shape index (κ3) is 28.7. The average molecular weight is 634 g/mol. The first kappa shape index (κ1) is 45.0. The molecule has 0 N–H and O–H groups in total. The van der Waals surface area contributed by atoms with Gasteiger partial charge in [0.1, 0.15) is 0 Å². The first-order valence-electron chi connectivity index (χ1n) is 21.6. The molecule has 272 valence electrons. The second-order valence-electron chi connectivity index (χ2n) is 16.5. The smallest absolute Gasteiger partial charge is 0.0158 e. The lowest BCUT2D eigenvalue weighted by atomic mass is 9.85. The number of nitrogens with zero attached hydrogens (tertiary/aromatic N) is 1. The van der Waals surface area contributed by atoms with Gasteiger partial charge < -0.3 is 0 Å². The van der Waals surface area contributed by atoms with Gasteiger partial charge in [0.15, 0.2) is 0 Å². The number of hydrogen-bond donors (Lipinski definition) is 0. The summed E-state index contributed by atoms with van der Waals surface area (Å²) in [7, 11) is 0. The van der Waals surface area contributed by atoms with E-state index in [2.05, 4.69) is 53.4 Å². The Balaban J connectivity index is 4.50. The zero-order valence-corrected chi connectivity index (χ0v) is 33.2. The molecular weight excluding hydrogens is 542 g/mol. The van der Waals surface area contributed by atoms with Crippen LogP contribution < -0.4 is 0 Å². The van der Waals surface area contributed by atoms with Crippen molar-refractivity contribution >= 4 is 0 Å². The van der Waals surface area contributed by atoms with Crippen molar-refractivity contribution in [2.45, 2.75) is 278 Å². The van der Waals surface area contributed by atoms with E-state index in [1.807, 2.05) is 0 Å². The zero-order valence-electron chi connectivity index (χ0n) is 33.2. The minimum atomic E-state index is 0.306. The van der Waals surface area contributed by atoms with Crippen LogP contribution in [0.4, 0.5) is 0 Å². The van der Waals surface area contributed by atoms with Gasteiger partial charge in [0.05, 0.1) is 0 Å². The highest BCUT2D eigenvalue weighted by Gasteiger charge is 2.36. The monoisotopic (exact) mass is 634 g/mol. The van der Waals surface area contributed by atoms with Crippen LogP contribution in [-0.2, 0) is 0 Å². The molecule has 0 aliphatic heterocycles. The predicted octanol–water partition coefficient (Wildman–Crippen LogP) is 16.2. The summed E-state index contributed by atoms with van der Waals surface area (Å²) >= 11 is 0. The summed E-state index contributed by atoms with van der Waals surface area (Å²) in [5.74, 6) is 0. The topological polar surface area (TPSA) is 3.24 Å². The molecule has 0 aromatic carbocycles. The maximum absolute atomic E-state index is 2.98. The standard InChI is InChI=1S/C44H91N/c1-8-11-14-17-20-23-24-25-26-27-30-33-36-39-42-45(43(4,5)40-37-34-31-28-21-18-15-12-9-2)44(6,7)41-38-35-32-29-22-19-16-13-10-3/h8-42H2,1-7H3. The molecule has 0 heterocycles. The fraction of sp³-hybridized carbons (Fsp3) is 1.00. The third-order valence-electron chi connectivity index (χ3n) is 11.0. The summed E-state index contributed by atoms with van der Waals surface area (Å²) in [5.41, 5.74) is 0.612.